The van der Waals surface area contributed by atoms with Gasteiger partial charge >= 0.3 is 0 Å². The van der Waals surface area contributed by atoms with E-state index < -0.39 is 0 Å². The summed E-state index contributed by atoms with van der Waals surface area (Å²) in [6.07, 6.45) is 0.429. The summed E-state index contributed by atoms with van der Waals surface area (Å²) in [5.74, 6) is -0.0496. The van der Waals surface area contributed by atoms with E-state index in [2.05, 4.69) is 21.2 Å². The van der Waals surface area contributed by atoms with Gasteiger partial charge in [-0.3, -0.25) is 9.69 Å². The molecule has 2 heterocycles. The van der Waals surface area contributed by atoms with Crippen LogP contribution in [0, 0.1) is 11.3 Å². The van der Waals surface area contributed by atoms with Crippen molar-refractivity contribution in [2.45, 2.75) is 13.0 Å². The molecule has 0 atom stereocenters. The summed E-state index contributed by atoms with van der Waals surface area (Å²) in [6, 6.07) is 10.9. The maximum absolute atomic E-state index is 12.2. The number of halogens is 2. The number of amides is 1. The van der Waals surface area contributed by atoms with Crippen molar-refractivity contribution >= 4 is 46.1 Å². The van der Waals surface area contributed by atoms with Crippen LogP contribution in [0.4, 0.5) is 5.69 Å². The predicted octanol–water partition coefficient (Wildman–Crippen LogP) is 4.07. The predicted molar refractivity (Wildman–Crippen MR) is 110 cm³/mol. The average Bonchev–Trinajstić information content (AvgIpc) is 3.06. The Morgan fingerprint density at radius 2 is 1.89 bits per heavy atom. The fraction of sp³-hybridized carbons (Fsp3) is 0.368. The molecule has 3 rings (SSSR count). The maximum atomic E-state index is 12.2. The smallest absolute Gasteiger partial charge is 0.225 e. The Morgan fingerprint density at radius 1 is 1.15 bits per heavy atom. The molecule has 1 aliphatic heterocycles. The summed E-state index contributed by atoms with van der Waals surface area (Å²) in [6.45, 7) is 5.55. The molecule has 1 aromatic heterocycles. The molecule has 8 heteroatoms. The molecule has 1 aliphatic rings. The van der Waals surface area contributed by atoms with Crippen molar-refractivity contribution in [1.82, 2.24) is 9.80 Å². The Kier molecular flexibility index (Phi) is 7.11. The SMILES string of the molecule is N#Cc1ccc(NC(=O)CCN2CCN(Cc3ccc(Cl)s3)CC2)cc1Cl. The zero-order valence-electron chi connectivity index (χ0n) is 14.8. The zero-order valence-corrected chi connectivity index (χ0v) is 17.1. The minimum atomic E-state index is -0.0496. The number of rotatable bonds is 6. The number of hydrogen-bond acceptors (Lipinski definition) is 5. The van der Waals surface area contributed by atoms with Gasteiger partial charge in [0.1, 0.15) is 6.07 Å². The van der Waals surface area contributed by atoms with Crippen molar-refractivity contribution in [3.8, 4) is 6.07 Å². The van der Waals surface area contributed by atoms with Crippen molar-refractivity contribution in [3.63, 3.8) is 0 Å². The molecule has 142 valence electrons. The lowest BCUT2D eigenvalue weighted by Crippen LogP contribution is -2.46. The van der Waals surface area contributed by atoms with Crippen LogP contribution in [0.5, 0.6) is 0 Å². The molecule has 0 bridgehead atoms. The summed E-state index contributed by atoms with van der Waals surface area (Å²) in [7, 11) is 0. The van der Waals surface area contributed by atoms with Crippen LogP contribution < -0.4 is 5.32 Å². The summed E-state index contributed by atoms with van der Waals surface area (Å²) in [4.78, 5) is 18.2. The fourth-order valence-corrected chi connectivity index (χ4v) is 4.35. The van der Waals surface area contributed by atoms with E-state index in [1.165, 1.54) is 4.88 Å². The second-order valence-corrected chi connectivity index (χ2v) is 8.64. The monoisotopic (exact) mass is 422 g/mol. The highest BCUT2D eigenvalue weighted by Crippen LogP contribution is 2.23. The average molecular weight is 423 g/mol. The van der Waals surface area contributed by atoms with Crippen LogP contribution >= 0.6 is 34.5 Å². The van der Waals surface area contributed by atoms with E-state index in [9.17, 15) is 4.79 Å². The number of piperazine rings is 1. The molecular formula is C19H20Cl2N4OS. The number of nitrogens with zero attached hydrogens (tertiary/aromatic N) is 3. The Labute approximate surface area is 173 Å². The van der Waals surface area contributed by atoms with E-state index in [1.807, 2.05) is 12.1 Å². The van der Waals surface area contributed by atoms with Gasteiger partial charge in [-0.15, -0.1) is 11.3 Å². The molecule has 1 amide bonds. The Hall–Kier alpha value is -1.62. The quantitative estimate of drug-likeness (QED) is 0.761. The molecular weight excluding hydrogens is 403 g/mol. The third-order valence-corrected chi connectivity index (χ3v) is 6.03. The summed E-state index contributed by atoms with van der Waals surface area (Å²) in [5, 5.41) is 12.1. The van der Waals surface area contributed by atoms with Gasteiger partial charge in [0.15, 0.2) is 0 Å². The van der Waals surface area contributed by atoms with E-state index in [1.54, 1.807) is 29.5 Å². The highest BCUT2D eigenvalue weighted by atomic mass is 35.5. The van der Waals surface area contributed by atoms with Crippen molar-refractivity contribution in [3.05, 3.63) is 50.1 Å². The number of anilines is 1. The topological polar surface area (TPSA) is 59.4 Å². The van der Waals surface area contributed by atoms with Gasteiger partial charge in [-0.1, -0.05) is 23.2 Å². The minimum Gasteiger partial charge on any atom is -0.326 e. The number of carbonyl (C=O) groups excluding carboxylic acids is 1. The molecule has 1 aromatic carbocycles. The van der Waals surface area contributed by atoms with Gasteiger partial charge in [0.05, 0.1) is 14.9 Å². The van der Waals surface area contributed by atoms with Crippen molar-refractivity contribution in [1.29, 1.82) is 5.26 Å². The van der Waals surface area contributed by atoms with Crippen LogP contribution in [0.3, 0.4) is 0 Å². The second-order valence-electron chi connectivity index (χ2n) is 6.43. The number of benzene rings is 1. The van der Waals surface area contributed by atoms with Crippen LogP contribution in [-0.4, -0.2) is 48.4 Å². The molecule has 1 saturated heterocycles. The lowest BCUT2D eigenvalue weighted by Gasteiger charge is -2.34. The molecule has 2 aromatic rings. The van der Waals surface area contributed by atoms with Crippen LogP contribution in [0.25, 0.3) is 0 Å². The molecule has 5 nitrogen and oxygen atoms in total. The number of nitriles is 1. The molecule has 0 radical (unpaired) electrons. The first-order chi connectivity index (χ1) is 13.0. The standard InChI is InChI=1S/C19H20Cl2N4OS/c20-17-11-15(2-1-14(17)12-22)23-19(26)5-6-24-7-9-25(10-8-24)13-16-3-4-18(21)27-16/h1-4,11H,5-10,13H2,(H,23,26). The van der Waals surface area contributed by atoms with Crippen molar-refractivity contribution in [2.75, 3.05) is 38.0 Å². The summed E-state index contributed by atoms with van der Waals surface area (Å²) >= 11 is 13.6. The Bertz CT molecular complexity index is 840. The second kappa shape index (κ2) is 9.54. The highest BCUT2D eigenvalue weighted by Gasteiger charge is 2.18. The van der Waals surface area contributed by atoms with Gasteiger partial charge in [-0.2, -0.15) is 5.26 Å². The number of thiophene rings is 1. The van der Waals surface area contributed by atoms with Gasteiger partial charge in [0, 0.05) is 56.3 Å². The number of hydrogen-bond donors (Lipinski definition) is 1. The first-order valence-corrected chi connectivity index (χ1v) is 10.3. The van der Waals surface area contributed by atoms with Crippen LogP contribution in [0.15, 0.2) is 30.3 Å². The molecule has 0 spiro atoms. The Balaban J connectivity index is 1.39. The van der Waals surface area contributed by atoms with Gasteiger partial charge < -0.3 is 10.2 Å². The molecule has 27 heavy (non-hydrogen) atoms. The van der Waals surface area contributed by atoms with Gasteiger partial charge in [-0.05, 0) is 30.3 Å². The van der Waals surface area contributed by atoms with E-state index in [-0.39, 0.29) is 5.91 Å². The normalized spacial score (nSPS) is 15.4. The summed E-state index contributed by atoms with van der Waals surface area (Å²) in [5.41, 5.74) is 1.01. The third-order valence-electron chi connectivity index (χ3n) is 4.50. The summed E-state index contributed by atoms with van der Waals surface area (Å²) < 4.78 is 0.832. The fourth-order valence-electron chi connectivity index (χ4n) is 2.99. The van der Waals surface area contributed by atoms with E-state index in [0.29, 0.717) is 22.7 Å². The van der Waals surface area contributed by atoms with Crippen LogP contribution in [0.1, 0.15) is 16.9 Å². The van der Waals surface area contributed by atoms with E-state index in [4.69, 9.17) is 28.5 Å². The lowest BCUT2D eigenvalue weighted by molar-refractivity contribution is -0.116. The first kappa shape index (κ1) is 20.1. The van der Waals surface area contributed by atoms with Crippen LogP contribution in [-0.2, 0) is 11.3 Å². The molecule has 1 N–H and O–H groups in total. The molecule has 0 aliphatic carbocycles. The number of nitrogens with one attached hydrogen (secondary N) is 1. The zero-order chi connectivity index (χ0) is 19.2. The van der Waals surface area contributed by atoms with Gasteiger partial charge in [0.2, 0.25) is 5.91 Å². The van der Waals surface area contributed by atoms with Crippen molar-refractivity contribution in [2.24, 2.45) is 0 Å². The van der Waals surface area contributed by atoms with E-state index in [0.717, 1.165) is 43.6 Å². The largest absolute Gasteiger partial charge is 0.326 e. The minimum absolute atomic E-state index is 0.0496. The first-order valence-electron chi connectivity index (χ1n) is 8.72. The van der Waals surface area contributed by atoms with Gasteiger partial charge in [-0.25, -0.2) is 0 Å². The molecule has 0 saturated carbocycles. The van der Waals surface area contributed by atoms with Gasteiger partial charge in [0.25, 0.3) is 0 Å². The number of carbonyl (C=O) groups is 1. The highest BCUT2D eigenvalue weighted by molar-refractivity contribution is 7.16. The van der Waals surface area contributed by atoms with Crippen LogP contribution in [0.2, 0.25) is 9.36 Å². The maximum Gasteiger partial charge on any atom is 0.225 e. The van der Waals surface area contributed by atoms with E-state index >= 15 is 0 Å². The molecule has 0 unspecified atom stereocenters. The Morgan fingerprint density at radius 3 is 2.52 bits per heavy atom. The lowest BCUT2D eigenvalue weighted by atomic mass is 10.2. The van der Waals surface area contributed by atoms with Crippen molar-refractivity contribution < 1.29 is 4.79 Å². The third kappa shape index (κ3) is 5.93. The molecule has 1 fully saturated rings.